The molecule has 0 atom stereocenters. The number of carbonyl (C=O) groups excluding carboxylic acids is 2. The van der Waals surface area contributed by atoms with E-state index < -0.39 is 5.66 Å². The number of nitrogens with one attached hydrogen (secondary N) is 2. The number of amides is 2. The molecule has 0 aliphatic carbocycles. The molecule has 0 spiro atoms. The molecule has 2 aliphatic rings. The van der Waals surface area contributed by atoms with E-state index in [4.69, 9.17) is 11.2 Å². The average molecular weight is 326 g/mol. The number of nitrogens with zero attached hydrogens (tertiary/aromatic N) is 2. The van der Waals surface area contributed by atoms with Gasteiger partial charge in [-0.25, -0.2) is 0 Å². The van der Waals surface area contributed by atoms with Crippen molar-refractivity contribution in [2.24, 2.45) is 10.2 Å². The Kier molecular flexibility index (Phi) is 4.47. The van der Waals surface area contributed by atoms with E-state index >= 15 is 0 Å². The minimum absolute atomic E-state index is 0.235. The van der Waals surface area contributed by atoms with Gasteiger partial charge in [0, 0.05) is 31.4 Å². The van der Waals surface area contributed by atoms with Crippen LogP contribution in [-0.4, -0.2) is 37.2 Å². The van der Waals surface area contributed by atoms with Crippen molar-refractivity contribution in [3.8, 4) is 18.1 Å². The Morgan fingerprint density at radius 1 is 1.42 bits per heavy atom. The van der Waals surface area contributed by atoms with E-state index in [0.29, 0.717) is 55.8 Å². The van der Waals surface area contributed by atoms with Crippen molar-refractivity contribution in [3.05, 3.63) is 29.3 Å². The van der Waals surface area contributed by atoms with Crippen molar-refractivity contribution in [1.29, 1.82) is 0 Å². The quantitative estimate of drug-likeness (QED) is 0.776. The lowest BCUT2D eigenvalue weighted by molar-refractivity contribution is 0.0951. The summed E-state index contributed by atoms with van der Waals surface area (Å²) in [7, 11) is 0. The first-order chi connectivity index (χ1) is 11.6. The average Bonchev–Trinajstić information content (AvgIpc) is 3.38. The van der Waals surface area contributed by atoms with E-state index in [9.17, 15) is 9.59 Å². The molecule has 7 nitrogen and oxygen atoms in total. The molecule has 0 radical (unpaired) electrons. The molecule has 3 rings (SSSR count). The van der Waals surface area contributed by atoms with Gasteiger partial charge in [-0.2, -0.15) is 10.2 Å². The van der Waals surface area contributed by atoms with Crippen LogP contribution < -0.4 is 15.4 Å². The maximum absolute atomic E-state index is 12.3. The van der Waals surface area contributed by atoms with E-state index in [1.807, 2.05) is 0 Å². The second-order valence-corrected chi connectivity index (χ2v) is 5.71. The Morgan fingerprint density at radius 2 is 2.25 bits per heavy atom. The van der Waals surface area contributed by atoms with E-state index in [0.717, 1.165) is 0 Å². The van der Waals surface area contributed by atoms with Gasteiger partial charge in [-0.15, -0.1) is 12.3 Å². The first kappa shape index (κ1) is 16.0. The highest BCUT2D eigenvalue weighted by Gasteiger charge is 2.38. The summed E-state index contributed by atoms with van der Waals surface area (Å²) in [5.74, 6) is 2.58. The summed E-state index contributed by atoms with van der Waals surface area (Å²) in [6.07, 6.45) is 7.18. The lowest BCUT2D eigenvalue weighted by Crippen LogP contribution is -2.29. The number of carbonyl (C=O) groups is 2. The molecular formula is C17H18N4O3. The van der Waals surface area contributed by atoms with Crippen molar-refractivity contribution < 1.29 is 14.3 Å². The Hall–Kier alpha value is -2.88. The molecule has 0 fully saturated rings. The predicted octanol–water partition coefficient (Wildman–Crippen LogP) is 1.50. The summed E-state index contributed by atoms with van der Waals surface area (Å²) in [5, 5.41) is 13.6. The predicted molar refractivity (Wildman–Crippen MR) is 86.9 cm³/mol. The minimum Gasteiger partial charge on any atom is -0.491 e. The second kappa shape index (κ2) is 6.71. The number of terminal acetylenes is 1. The van der Waals surface area contributed by atoms with Gasteiger partial charge < -0.3 is 15.4 Å². The van der Waals surface area contributed by atoms with Gasteiger partial charge in [-0.3, -0.25) is 9.59 Å². The van der Waals surface area contributed by atoms with E-state index in [1.54, 1.807) is 18.2 Å². The highest BCUT2D eigenvalue weighted by Crippen LogP contribution is 2.36. The summed E-state index contributed by atoms with van der Waals surface area (Å²) in [6, 6.07) is 4.84. The summed E-state index contributed by atoms with van der Waals surface area (Å²) in [6.45, 7) is 1.30. The summed E-state index contributed by atoms with van der Waals surface area (Å²) in [4.78, 5) is 24.2. The normalized spacial score (nSPS) is 16.9. The molecule has 0 bridgehead atoms. The molecule has 1 aromatic rings. The smallest absolute Gasteiger partial charge is 0.255 e. The molecule has 2 amide bonds. The molecule has 0 aromatic heterocycles. The first-order valence-electron chi connectivity index (χ1n) is 7.84. The fourth-order valence-electron chi connectivity index (χ4n) is 2.54. The largest absolute Gasteiger partial charge is 0.491 e. The third-order valence-corrected chi connectivity index (χ3v) is 4.00. The van der Waals surface area contributed by atoms with Crippen molar-refractivity contribution in [2.75, 3.05) is 19.7 Å². The van der Waals surface area contributed by atoms with Gasteiger partial charge in [0.05, 0.1) is 12.1 Å². The van der Waals surface area contributed by atoms with Crippen molar-refractivity contribution >= 4 is 11.8 Å². The highest BCUT2D eigenvalue weighted by molar-refractivity contribution is 6.01. The number of ether oxygens (including phenoxy) is 1. The Labute approximate surface area is 139 Å². The minimum atomic E-state index is -0.416. The molecule has 124 valence electrons. The molecular weight excluding hydrogens is 308 g/mol. The zero-order valence-corrected chi connectivity index (χ0v) is 13.2. The van der Waals surface area contributed by atoms with Crippen LogP contribution in [0.1, 0.15) is 40.0 Å². The molecule has 2 aliphatic heterocycles. The van der Waals surface area contributed by atoms with Crippen molar-refractivity contribution in [3.63, 3.8) is 0 Å². The molecule has 7 heteroatoms. The fourth-order valence-corrected chi connectivity index (χ4v) is 2.54. The van der Waals surface area contributed by atoms with Crippen LogP contribution in [0.4, 0.5) is 0 Å². The van der Waals surface area contributed by atoms with Crippen LogP contribution in [0.5, 0.6) is 5.75 Å². The Morgan fingerprint density at radius 3 is 3.00 bits per heavy atom. The molecule has 24 heavy (non-hydrogen) atoms. The van der Waals surface area contributed by atoms with Crippen LogP contribution in [-0.2, 0) is 0 Å². The number of hydrogen-bond donors (Lipinski definition) is 2. The number of benzene rings is 1. The van der Waals surface area contributed by atoms with Crippen LogP contribution in [0.15, 0.2) is 28.4 Å². The molecule has 0 unspecified atom stereocenters. The van der Waals surface area contributed by atoms with E-state index in [-0.39, 0.29) is 11.8 Å². The number of rotatable bonds is 6. The highest BCUT2D eigenvalue weighted by atomic mass is 16.5. The van der Waals surface area contributed by atoms with Crippen LogP contribution in [0.3, 0.4) is 0 Å². The zero-order chi connectivity index (χ0) is 17.0. The van der Waals surface area contributed by atoms with Gasteiger partial charge in [-0.05, 0) is 18.2 Å². The topological polar surface area (TPSA) is 92.2 Å². The lowest BCUT2D eigenvalue weighted by atomic mass is 10.0. The van der Waals surface area contributed by atoms with Crippen LogP contribution in [0, 0.1) is 12.3 Å². The zero-order valence-electron chi connectivity index (χ0n) is 13.2. The van der Waals surface area contributed by atoms with Crippen molar-refractivity contribution in [1.82, 2.24) is 10.6 Å². The maximum atomic E-state index is 12.3. The van der Waals surface area contributed by atoms with Gasteiger partial charge in [0.15, 0.2) is 5.66 Å². The third-order valence-electron chi connectivity index (χ3n) is 4.00. The van der Waals surface area contributed by atoms with Gasteiger partial charge in [-0.1, -0.05) is 0 Å². The Balaban J connectivity index is 1.58. The summed E-state index contributed by atoms with van der Waals surface area (Å²) >= 11 is 0. The van der Waals surface area contributed by atoms with Crippen LogP contribution in [0.2, 0.25) is 0 Å². The van der Waals surface area contributed by atoms with Crippen LogP contribution >= 0.6 is 0 Å². The van der Waals surface area contributed by atoms with Gasteiger partial charge in [0.25, 0.3) is 11.8 Å². The SMILES string of the molecule is C#CCCC1(CCNC(=O)c2ccc3c(c2)C(=O)NCCO3)N=N1. The summed E-state index contributed by atoms with van der Waals surface area (Å²) in [5.41, 5.74) is 0.371. The molecule has 1 aromatic carbocycles. The fraction of sp³-hybridized carbons (Fsp3) is 0.412. The lowest BCUT2D eigenvalue weighted by Gasteiger charge is -2.11. The third kappa shape index (κ3) is 3.54. The van der Waals surface area contributed by atoms with Gasteiger partial charge in [0.1, 0.15) is 12.4 Å². The second-order valence-electron chi connectivity index (χ2n) is 5.71. The van der Waals surface area contributed by atoms with Gasteiger partial charge >= 0.3 is 0 Å². The van der Waals surface area contributed by atoms with E-state index in [1.165, 1.54) is 0 Å². The molecule has 0 saturated heterocycles. The van der Waals surface area contributed by atoms with Crippen molar-refractivity contribution in [2.45, 2.75) is 24.9 Å². The number of fused-ring (bicyclic) bond motifs is 1. The van der Waals surface area contributed by atoms with Crippen LogP contribution in [0.25, 0.3) is 0 Å². The maximum Gasteiger partial charge on any atom is 0.255 e. The summed E-state index contributed by atoms with van der Waals surface area (Å²) < 4.78 is 5.47. The monoisotopic (exact) mass is 326 g/mol. The standard InChI is InChI=1S/C17H18N4O3/c1-2-3-6-17(20-21-17)7-8-18-15(22)12-4-5-14-13(11-12)16(23)19-9-10-24-14/h1,4-5,11H,3,6-10H2,(H,18,22)(H,19,23). The Bertz CT molecular complexity index is 730. The molecule has 2 N–H and O–H groups in total. The van der Waals surface area contributed by atoms with Gasteiger partial charge in [0.2, 0.25) is 0 Å². The first-order valence-corrected chi connectivity index (χ1v) is 7.84. The molecule has 0 saturated carbocycles. The van der Waals surface area contributed by atoms with E-state index in [2.05, 4.69) is 26.8 Å². The molecule has 2 heterocycles. The number of hydrogen-bond acceptors (Lipinski definition) is 5.